The van der Waals surface area contributed by atoms with Crippen molar-refractivity contribution in [3.05, 3.63) is 58.3 Å². The smallest absolute Gasteiger partial charge is 0.335 e. The number of carboxylic acid groups (broad SMARTS) is 2. The van der Waals surface area contributed by atoms with E-state index >= 15 is 0 Å². The lowest BCUT2D eigenvalue weighted by atomic mass is 10.2. The quantitative estimate of drug-likeness (QED) is 0.893. The Labute approximate surface area is 108 Å². The first-order chi connectivity index (χ1) is 8.59. The number of aromatic carboxylic acids is 1. The summed E-state index contributed by atoms with van der Waals surface area (Å²) in [4.78, 5) is 21.2. The van der Waals surface area contributed by atoms with E-state index < -0.39 is 11.9 Å². The Kier molecular flexibility index (Phi) is 5.60. The van der Waals surface area contributed by atoms with E-state index in [1.165, 1.54) is 11.3 Å². The molecule has 5 heteroatoms. The molecule has 0 atom stereocenters. The standard InChI is InChI=1S/C7H6O2.C6H6O2S/c8-7(9)6-4-2-1-3-5-6;7-6(8)4-5-2-1-3-9-5/h1-5H,(H,8,9);1-3H,4H2,(H,7,8). The lowest BCUT2D eigenvalue weighted by molar-refractivity contribution is -0.136. The van der Waals surface area contributed by atoms with Crippen molar-refractivity contribution < 1.29 is 19.8 Å². The molecule has 0 spiro atoms. The van der Waals surface area contributed by atoms with E-state index in [2.05, 4.69) is 0 Å². The molecule has 0 bridgehead atoms. The van der Waals surface area contributed by atoms with Gasteiger partial charge >= 0.3 is 11.9 Å². The molecule has 0 aliphatic heterocycles. The Hall–Kier alpha value is -2.14. The predicted octanol–water partition coefficient (Wildman–Crippen LogP) is 2.76. The van der Waals surface area contributed by atoms with Crippen LogP contribution < -0.4 is 0 Å². The van der Waals surface area contributed by atoms with Gasteiger partial charge in [-0.3, -0.25) is 4.79 Å². The highest BCUT2D eigenvalue weighted by atomic mass is 32.1. The van der Waals surface area contributed by atoms with Crippen molar-refractivity contribution in [2.45, 2.75) is 6.42 Å². The van der Waals surface area contributed by atoms with Crippen molar-refractivity contribution in [2.24, 2.45) is 0 Å². The number of thiophene rings is 1. The normalized spacial score (nSPS) is 9.11. The zero-order valence-electron chi connectivity index (χ0n) is 9.45. The zero-order chi connectivity index (χ0) is 13.4. The highest BCUT2D eigenvalue weighted by Crippen LogP contribution is 2.08. The molecule has 0 radical (unpaired) electrons. The van der Waals surface area contributed by atoms with Crippen LogP contribution in [0.3, 0.4) is 0 Å². The maximum Gasteiger partial charge on any atom is 0.335 e. The van der Waals surface area contributed by atoms with E-state index in [0.717, 1.165) is 4.88 Å². The van der Waals surface area contributed by atoms with Gasteiger partial charge in [0.2, 0.25) is 0 Å². The fraction of sp³-hybridized carbons (Fsp3) is 0.0769. The van der Waals surface area contributed by atoms with E-state index in [1.807, 2.05) is 17.5 Å². The molecule has 0 aliphatic rings. The summed E-state index contributed by atoms with van der Waals surface area (Å²) in [6.07, 6.45) is 0.150. The van der Waals surface area contributed by atoms with Crippen LogP contribution in [0.1, 0.15) is 15.2 Å². The Morgan fingerprint density at radius 1 is 1.00 bits per heavy atom. The summed E-state index contributed by atoms with van der Waals surface area (Å²) in [6, 6.07) is 12.0. The summed E-state index contributed by atoms with van der Waals surface area (Å²) in [5, 5.41) is 18.6. The molecule has 0 fully saturated rings. The van der Waals surface area contributed by atoms with Crippen molar-refractivity contribution in [1.29, 1.82) is 0 Å². The second kappa shape index (κ2) is 7.24. The fourth-order valence-electron chi connectivity index (χ4n) is 1.14. The highest BCUT2D eigenvalue weighted by Gasteiger charge is 1.98. The van der Waals surface area contributed by atoms with Crippen LogP contribution in [0, 0.1) is 0 Å². The van der Waals surface area contributed by atoms with Gasteiger partial charge in [-0.05, 0) is 23.6 Å². The summed E-state index contributed by atoms with van der Waals surface area (Å²) in [5.74, 6) is -1.65. The number of benzene rings is 1. The second-order valence-electron chi connectivity index (χ2n) is 3.32. The second-order valence-corrected chi connectivity index (χ2v) is 4.35. The predicted molar refractivity (Wildman–Crippen MR) is 69.1 cm³/mol. The van der Waals surface area contributed by atoms with Crippen LogP contribution >= 0.6 is 11.3 Å². The molecule has 4 nitrogen and oxygen atoms in total. The maximum absolute atomic E-state index is 10.2. The Balaban J connectivity index is 0.000000180. The molecule has 1 aromatic heterocycles. The third-order valence-electron chi connectivity index (χ3n) is 1.93. The van der Waals surface area contributed by atoms with Crippen molar-refractivity contribution in [2.75, 3.05) is 0 Å². The van der Waals surface area contributed by atoms with Crippen LogP contribution in [0.15, 0.2) is 47.8 Å². The van der Waals surface area contributed by atoms with Gasteiger partial charge in [0.05, 0.1) is 12.0 Å². The van der Waals surface area contributed by atoms with Gasteiger partial charge in [-0.1, -0.05) is 24.3 Å². The molecule has 2 rings (SSSR count). The van der Waals surface area contributed by atoms with E-state index in [1.54, 1.807) is 30.3 Å². The maximum atomic E-state index is 10.2. The minimum absolute atomic E-state index is 0.150. The number of hydrogen-bond donors (Lipinski definition) is 2. The summed E-state index contributed by atoms with van der Waals surface area (Å²) in [6.45, 7) is 0. The van der Waals surface area contributed by atoms with E-state index in [4.69, 9.17) is 10.2 Å². The van der Waals surface area contributed by atoms with Crippen molar-refractivity contribution in [3.63, 3.8) is 0 Å². The molecule has 2 N–H and O–H groups in total. The Bertz CT molecular complexity index is 491. The SMILES string of the molecule is O=C(O)Cc1cccs1.O=C(O)c1ccccc1. The van der Waals surface area contributed by atoms with Crippen molar-refractivity contribution in [1.82, 2.24) is 0 Å². The number of hydrogen-bond acceptors (Lipinski definition) is 3. The molecule has 0 aliphatic carbocycles. The van der Waals surface area contributed by atoms with Crippen molar-refractivity contribution >= 4 is 23.3 Å². The molecule has 0 unspecified atom stereocenters. The molecule has 0 saturated carbocycles. The summed E-state index contributed by atoms with van der Waals surface area (Å²) >= 11 is 1.47. The average molecular weight is 264 g/mol. The highest BCUT2D eigenvalue weighted by molar-refractivity contribution is 7.10. The summed E-state index contributed by atoms with van der Waals surface area (Å²) in [7, 11) is 0. The molecule has 0 saturated heterocycles. The minimum Gasteiger partial charge on any atom is -0.481 e. The van der Waals surface area contributed by atoms with Crippen LogP contribution in [-0.2, 0) is 11.2 Å². The van der Waals surface area contributed by atoms with Gasteiger partial charge in [0.25, 0.3) is 0 Å². The summed E-state index contributed by atoms with van der Waals surface area (Å²) < 4.78 is 0. The number of carboxylic acids is 2. The molecule has 94 valence electrons. The van der Waals surface area contributed by atoms with Gasteiger partial charge in [-0.25, -0.2) is 4.79 Å². The first-order valence-corrected chi connectivity index (χ1v) is 6.00. The van der Waals surface area contributed by atoms with Gasteiger partial charge in [0, 0.05) is 4.88 Å². The zero-order valence-corrected chi connectivity index (χ0v) is 10.3. The number of carbonyl (C=O) groups is 2. The molecule has 0 amide bonds. The topological polar surface area (TPSA) is 74.6 Å². The van der Waals surface area contributed by atoms with Crippen LogP contribution in [0.2, 0.25) is 0 Å². The molecule has 18 heavy (non-hydrogen) atoms. The van der Waals surface area contributed by atoms with Gasteiger partial charge in [-0.15, -0.1) is 11.3 Å². The lowest BCUT2D eigenvalue weighted by Gasteiger charge is -1.88. The first kappa shape index (κ1) is 13.9. The number of rotatable bonds is 3. The molecule has 1 heterocycles. The average Bonchev–Trinajstić information content (AvgIpc) is 2.83. The van der Waals surface area contributed by atoms with Crippen LogP contribution in [0.5, 0.6) is 0 Å². The van der Waals surface area contributed by atoms with Crippen LogP contribution in [0.25, 0.3) is 0 Å². The third kappa shape index (κ3) is 5.27. The monoisotopic (exact) mass is 264 g/mol. The first-order valence-electron chi connectivity index (χ1n) is 5.12. The molecule has 1 aromatic carbocycles. The molecular formula is C13H12O4S. The lowest BCUT2D eigenvalue weighted by Crippen LogP contribution is -1.96. The van der Waals surface area contributed by atoms with Crippen LogP contribution in [-0.4, -0.2) is 22.2 Å². The minimum atomic E-state index is -0.879. The third-order valence-corrected chi connectivity index (χ3v) is 2.80. The Morgan fingerprint density at radius 3 is 2.06 bits per heavy atom. The fourth-order valence-corrected chi connectivity index (χ4v) is 1.84. The van der Waals surface area contributed by atoms with E-state index in [9.17, 15) is 9.59 Å². The van der Waals surface area contributed by atoms with Crippen LogP contribution in [0.4, 0.5) is 0 Å². The largest absolute Gasteiger partial charge is 0.481 e. The van der Waals surface area contributed by atoms with Gasteiger partial charge < -0.3 is 10.2 Å². The Morgan fingerprint density at radius 2 is 1.67 bits per heavy atom. The van der Waals surface area contributed by atoms with Gasteiger partial charge in [-0.2, -0.15) is 0 Å². The van der Waals surface area contributed by atoms with Crippen molar-refractivity contribution in [3.8, 4) is 0 Å². The van der Waals surface area contributed by atoms with Gasteiger partial charge in [0.15, 0.2) is 0 Å². The number of aliphatic carboxylic acids is 1. The van der Waals surface area contributed by atoms with Gasteiger partial charge in [0.1, 0.15) is 0 Å². The van der Waals surface area contributed by atoms with E-state index in [0.29, 0.717) is 5.56 Å². The summed E-state index contributed by atoms with van der Waals surface area (Å²) in [5.41, 5.74) is 0.331. The van der Waals surface area contributed by atoms with E-state index in [-0.39, 0.29) is 6.42 Å². The molecule has 2 aromatic rings. The molecular weight excluding hydrogens is 252 g/mol.